The molecule has 5 rings (SSSR count). The van der Waals surface area contributed by atoms with Gasteiger partial charge in [-0.2, -0.15) is 5.10 Å². The summed E-state index contributed by atoms with van der Waals surface area (Å²) in [6.45, 7) is 4.18. The molecule has 0 radical (unpaired) electrons. The monoisotopic (exact) mass is 365 g/mol. The van der Waals surface area contributed by atoms with Gasteiger partial charge in [0, 0.05) is 48.7 Å². The number of benzene rings is 2. The van der Waals surface area contributed by atoms with Crippen molar-refractivity contribution in [2.75, 3.05) is 5.32 Å². The van der Waals surface area contributed by atoms with Gasteiger partial charge in [0.25, 0.3) is 0 Å². The SMILES string of the molecule is C=C(Nc1cc2cc(-c3cnn(C)c3)ccc2cn1)c1ccc2c(c1)N=CC2. The van der Waals surface area contributed by atoms with E-state index >= 15 is 0 Å². The highest BCUT2D eigenvalue weighted by atomic mass is 15.2. The molecule has 0 atom stereocenters. The van der Waals surface area contributed by atoms with E-state index in [1.54, 1.807) is 0 Å². The number of anilines is 1. The molecule has 136 valence electrons. The maximum atomic E-state index is 4.53. The van der Waals surface area contributed by atoms with Crippen LogP contribution in [0, 0.1) is 0 Å². The molecule has 5 heteroatoms. The van der Waals surface area contributed by atoms with Crippen molar-refractivity contribution in [2.45, 2.75) is 6.42 Å². The molecular weight excluding hydrogens is 346 g/mol. The number of rotatable bonds is 4. The van der Waals surface area contributed by atoms with Crippen LogP contribution >= 0.6 is 0 Å². The molecule has 0 aliphatic carbocycles. The molecule has 1 aliphatic rings. The first-order valence-corrected chi connectivity index (χ1v) is 9.16. The predicted molar refractivity (Wildman–Crippen MR) is 115 cm³/mol. The molecule has 0 bridgehead atoms. The van der Waals surface area contributed by atoms with Crippen molar-refractivity contribution in [3.63, 3.8) is 0 Å². The smallest absolute Gasteiger partial charge is 0.130 e. The Morgan fingerprint density at radius 1 is 1.04 bits per heavy atom. The normalized spacial score (nSPS) is 12.3. The summed E-state index contributed by atoms with van der Waals surface area (Å²) in [5.74, 6) is 0.768. The predicted octanol–water partition coefficient (Wildman–Crippen LogP) is 4.98. The molecule has 1 aliphatic heterocycles. The second-order valence-electron chi connectivity index (χ2n) is 7.00. The molecule has 3 heterocycles. The molecule has 1 N–H and O–H groups in total. The Morgan fingerprint density at radius 2 is 1.96 bits per heavy atom. The van der Waals surface area contributed by atoms with E-state index in [4.69, 9.17) is 0 Å². The van der Waals surface area contributed by atoms with Gasteiger partial charge in [-0.15, -0.1) is 0 Å². The van der Waals surface area contributed by atoms with Crippen molar-refractivity contribution >= 4 is 34.2 Å². The van der Waals surface area contributed by atoms with Crippen LogP contribution in [0.1, 0.15) is 11.1 Å². The second-order valence-corrected chi connectivity index (χ2v) is 7.00. The summed E-state index contributed by atoms with van der Waals surface area (Å²) in [5.41, 5.74) is 6.33. The van der Waals surface area contributed by atoms with Crippen LogP contribution < -0.4 is 5.32 Å². The number of aromatic nitrogens is 3. The Labute approximate surface area is 163 Å². The van der Waals surface area contributed by atoms with Crippen LogP contribution in [0.4, 0.5) is 11.5 Å². The van der Waals surface area contributed by atoms with Crippen LogP contribution in [0.3, 0.4) is 0 Å². The van der Waals surface area contributed by atoms with Gasteiger partial charge in [0.2, 0.25) is 0 Å². The Bertz CT molecular complexity index is 1250. The number of hydrogen-bond donors (Lipinski definition) is 1. The van der Waals surface area contributed by atoms with Crippen molar-refractivity contribution in [3.05, 3.63) is 78.8 Å². The third kappa shape index (κ3) is 2.97. The summed E-state index contributed by atoms with van der Waals surface area (Å²) < 4.78 is 1.81. The largest absolute Gasteiger partial charge is 0.340 e. The number of aryl methyl sites for hydroxylation is 1. The van der Waals surface area contributed by atoms with Crippen LogP contribution in [0.15, 0.2) is 72.6 Å². The van der Waals surface area contributed by atoms with E-state index in [0.717, 1.165) is 51.1 Å². The van der Waals surface area contributed by atoms with Crippen molar-refractivity contribution in [1.82, 2.24) is 14.8 Å². The number of fused-ring (bicyclic) bond motifs is 2. The minimum absolute atomic E-state index is 0.768. The van der Waals surface area contributed by atoms with E-state index in [1.807, 2.05) is 42.6 Å². The lowest BCUT2D eigenvalue weighted by Gasteiger charge is -2.11. The van der Waals surface area contributed by atoms with Crippen molar-refractivity contribution in [2.24, 2.45) is 12.0 Å². The fourth-order valence-electron chi connectivity index (χ4n) is 3.47. The number of aliphatic imine (C=N–C) groups is 1. The average molecular weight is 365 g/mol. The topological polar surface area (TPSA) is 55.1 Å². The number of nitrogens with zero attached hydrogens (tertiary/aromatic N) is 4. The highest BCUT2D eigenvalue weighted by molar-refractivity contribution is 5.89. The van der Waals surface area contributed by atoms with Crippen LogP contribution in [0.2, 0.25) is 0 Å². The third-order valence-electron chi connectivity index (χ3n) is 5.01. The highest BCUT2D eigenvalue weighted by Crippen LogP contribution is 2.29. The van der Waals surface area contributed by atoms with Crippen LogP contribution in [-0.4, -0.2) is 21.0 Å². The van der Waals surface area contributed by atoms with Crippen molar-refractivity contribution in [1.29, 1.82) is 0 Å². The second kappa shape index (κ2) is 6.46. The molecule has 0 saturated carbocycles. The fourth-order valence-corrected chi connectivity index (χ4v) is 3.47. The lowest BCUT2D eigenvalue weighted by atomic mass is 10.0. The maximum Gasteiger partial charge on any atom is 0.130 e. The van der Waals surface area contributed by atoms with Gasteiger partial charge in [-0.05, 0) is 40.3 Å². The summed E-state index contributed by atoms with van der Waals surface area (Å²) in [4.78, 5) is 8.95. The van der Waals surface area contributed by atoms with Gasteiger partial charge in [0.15, 0.2) is 0 Å². The summed E-state index contributed by atoms with van der Waals surface area (Å²) in [6.07, 6.45) is 8.61. The standard InChI is InChI=1S/C23H19N5/c1-15(17-4-3-16-7-8-24-22(16)10-17)27-23-11-20-9-18(5-6-19(20)12-25-23)21-13-26-28(2)14-21/h3-6,8-14H,1,7H2,2H3,(H,25,27). The first-order chi connectivity index (χ1) is 13.7. The van der Waals surface area contributed by atoms with E-state index in [-0.39, 0.29) is 0 Å². The van der Waals surface area contributed by atoms with Gasteiger partial charge in [-0.3, -0.25) is 9.67 Å². The summed E-state index contributed by atoms with van der Waals surface area (Å²) >= 11 is 0. The van der Waals surface area contributed by atoms with Crippen LogP contribution in [-0.2, 0) is 13.5 Å². The molecule has 5 nitrogen and oxygen atoms in total. The molecule has 0 unspecified atom stereocenters. The molecular formula is C23H19N5. The molecule has 2 aromatic heterocycles. The van der Waals surface area contributed by atoms with E-state index in [9.17, 15) is 0 Å². The number of hydrogen-bond acceptors (Lipinski definition) is 4. The van der Waals surface area contributed by atoms with Gasteiger partial charge in [0.1, 0.15) is 5.82 Å². The summed E-state index contributed by atoms with van der Waals surface area (Å²) in [7, 11) is 1.92. The summed E-state index contributed by atoms with van der Waals surface area (Å²) in [5, 5.41) is 9.80. The Balaban J connectivity index is 1.44. The molecule has 0 amide bonds. The molecule has 0 saturated heterocycles. The van der Waals surface area contributed by atoms with Crippen LogP contribution in [0.5, 0.6) is 0 Å². The van der Waals surface area contributed by atoms with Crippen molar-refractivity contribution < 1.29 is 0 Å². The first kappa shape index (κ1) is 16.4. The zero-order chi connectivity index (χ0) is 19.1. The van der Waals surface area contributed by atoms with Gasteiger partial charge in [-0.1, -0.05) is 30.8 Å². The summed E-state index contributed by atoms with van der Waals surface area (Å²) in [6, 6.07) is 14.6. The first-order valence-electron chi connectivity index (χ1n) is 9.16. The highest BCUT2D eigenvalue weighted by Gasteiger charge is 2.09. The average Bonchev–Trinajstić information content (AvgIpc) is 3.35. The van der Waals surface area contributed by atoms with Gasteiger partial charge < -0.3 is 5.32 Å². The fraction of sp³-hybridized carbons (Fsp3) is 0.0870. The maximum absolute atomic E-state index is 4.53. The molecule has 0 spiro atoms. The Morgan fingerprint density at radius 3 is 2.82 bits per heavy atom. The van der Waals surface area contributed by atoms with E-state index in [0.29, 0.717) is 0 Å². The van der Waals surface area contributed by atoms with Gasteiger partial charge >= 0.3 is 0 Å². The van der Waals surface area contributed by atoms with Crippen LogP contribution in [0.25, 0.3) is 27.6 Å². The van der Waals surface area contributed by atoms with E-state index < -0.39 is 0 Å². The van der Waals surface area contributed by atoms with Gasteiger partial charge in [0.05, 0.1) is 11.9 Å². The zero-order valence-corrected chi connectivity index (χ0v) is 15.6. The molecule has 28 heavy (non-hydrogen) atoms. The van der Waals surface area contributed by atoms with Gasteiger partial charge in [-0.25, -0.2) is 4.98 Å². The zero-order valence-electron chi connectivity index (χ0n) is 15.6. The molecule has 4 aromatic rings. The Kier molecular flexibility index (Phi) is 3.79. The third-order valence-corrected chi connectivity index (χ3v) is 5.01. The number of pyridine rings is 1. The van der Waals surface area contributed by atoms with Crippen molar-refractivity contribution in [3.8, 4) is 11.1 Å². The minimum atomic E-state index is 0.768. The molecule has 2 aromatic carbocycles. The number of nitrogens with one attached hydrogen (secondary N) is 1. The van der Waals surface area contributed by atoms with E-state index in [1.165, 1.54) is 5.56 Å². The minimum Gasteiger partial charge on any atom is -0.340 e. The lowest BCUT2D eigenvalue weighted by molar-refractivity contribution is 0.768. The Hall–Kier alpha value is -3.73. The quantitative estimate of drug-likeness (QED) is 0.555. The van der Waals surface area contributed by atoms with E-state index in [2.05, 4.69) is 63.4 Å². The lowest BCUT2D eigenvalue weighted by Crippen LogP contribution is -1.99. The molecule has 0 fully saturated rings.